The Morgan fingerprint density at radius 1 is 1.26 bits per heavy atom. The van der Waals surface area contributed by atoms with Gasteiger partial charge >= 0.3 is 0 Å². The van der Waals surface area contributed by atoms with Crippen molar-refractivity contribution in [1.82, 2.24) is 5.32 Å². The first kappa shape index (κ1) is 14.8. The first-order chi connectivity index (χ1) is 9.20. The molecule has 0 aromatic heterocycles. The van der Waals surface area contributed by atoms with Crippen LogP contribution in [0.15, 0.2) is 18.2 Å². The van der Waals surface area contributed by atoms with Gasteiger partial charge in [0.15, 0.2) is 0 Å². The molecular formula is C15H22ClFN2. The summed E-state index contributed by atoms with van der Waals surface area (Å²) < 4.78 is 13.9. The van der Waals surface area contributed by atoms with Gasteiger partial charge in [-0.25, -0.2) is 4.39 Å². The van der Waals surface area contributed by atoms with E-state index in [1.807, 2.05) is 0 Å². The lowest BCUT2D eigenvalue weighted by molar-refractivity contribution is 0.394. The summed E-state index contributed by atoms with van der Waals surface area (Å²) in [6.07, 6.45) is 7.39. The largest absolute Gasteiger partial charge is 0.329 e. The second-order valence-electron chi connectivity index (χ2n) is 5.31. The van der Waals surface area contributed by atoms with E-state index in [0.29, 0.717) is 23.2 Å². The van der Waals surface area contributed by atoms with Gasteiger partial charge < -0.3 is 11.1 Å². The second-order valence-corrected chi connectivity index (χ2v) is 5.75. The van der Waals surface area contributed by atoms with Crippen LogP contribution in [0.25, 0.3) is 0 Å². The van der Waals surface area contributed by atoms with Crippen LogP contribution in [0.4, 0.5) is 4.39 Å². The third-order valence-electron chi connectivity index (χ3n) is 3.86. The maximum Gasteiger partial charge on any atom is 0.128 e. The highest BCUT2D eigenvalue weighted by Crippen LogP contribution is 2.24. The minimum Gasteiger partial charge on any atom is -0.329 e. The third-order valence-corrected chi connectivity index (χ3v) is 4.10. The number of benzene rings is 1. The Hall–Kier alpha value is -0.640. The summed E-state index contributed by atoms with van der Waals surface area (Å²) in [7, 11) is 0. The van der Waals surface area contributed by atoms with Crippen molar-refractivity contribution in [3.05, 3.63) is 34.6 Å². The first-order valence-corrected chi connectivity index (χ1v) is 7.49. The maximum absolute atomic E-state index is 13.9. The lowest BCUT2D eigenvalue weighted by atomic mass is 10.0. The van der Waals surface area contributed by atoms with Crippen molar-refractivity contribution in [2.45, 2.75) is 50.6 Å². The van der Waals surface area contributed by atoms with Gasteiger partial charge in [-0.15, -0.1) is 0 Å². The molecule has 0 heterocycles. The summed E-state index contributed by atoms with van der Waals surface area (Å²) in [5.74, 6) is -0.235. The quantitative estimate of drug-likeness (QED) is 0.826. The fraction of sp³-hybridized carbons (Fsp3) is 0.600. The van der Waals surface area contributed by atoms with Crippen molar-refractivity contribution in [3.63, 3.8) is 0 Å². The molecule has 1 aromatic carbocycles. The van der Waals surface area contributed by atoms with Crippen LogP contribution in [-0.2, 0) is 0 Å². The number of hydrogen-bond donors (Lipinski definition) is 2. The number of rotatable bonds is 4. The molecule has 1 aromatic rings. The van der Waals surface area contributed by atoms with Gasteiger partial charge in [0.05, 0.1) is 0 Å². The lowest BCUT2D eigenvalue weighted by Crippen LogP contribution is -2.37. The average molecular weight is 285 g/mol. The van der Waals surface area contributed by atoms with Crippen LogP contribution in [0.1, 0.15) is 50.1 Å². The van der Waals surface area contributed by atoms with E-state index in [9.17, 15) is 4.39 Å². The van der Waals surface area contributed by atoms with Gasteiger partial charge in [0.1, 0.15) is 5.82 Å². The molecule has 4 heteroatoms. The molecule has 19 heavy (non-hydrogen) atoms. The van der Waals surface area contributed by atoms with Gasteiger partial charge in [0, 0.05) is 29.2 Å². The summed E-state index contributed by atoms with van der Waals surface area (Å²) in [5, 5.41) is 4.06. The van der Waals surface area contributed by atoms with Crippen molar-refractivity contribution in [2.75, 3.05) is 6.54 Å². The molecule has 1 aliphatic rings. The molecular weight excluding hydrogens is 263 g/mol. The molecule has 3 N–H and O–H groups in total. The Morgan fingerprint density at radius 2 is 1.95 bits per heavy atom. The summed E-state index contributed by atoms with van der Waals surface area (Å²) in [5.41, 5.74) is 6.39. The Kier molecular flexibility index (Phi) is 5.61. The van der Waals surface area contributed by atoms with Crippen molar-refractivity contribution in [2.24, 2.45) is 5.73 Å². The molecule has 1 aliphatic carbocycles. The van der Waals surface area contributed by atoms with Gasteiger partial charge in [-0.3, -0.25) is 0 Å². The molecule has 1 saturated carbocycles. The molecule has 0 spiro atoms. The second kappa shape index (κ2) is 7.22. The van der Waals surface area contributed by atoms with Crippen LogP contribution in [0, 0.1) is 5.82 Å². The Labute approximate surface area is 119 Å². The molecule has 1 fully saturated rings. The van der Waals surface area contributed by atoms with Crippen LogP contribution >= 0.6 is 11.6 Å². The number of halogens is 2. The van der Waals surface area contributed by atoms with Crippen molar-refractivity contribution >= 4 is 11.6 Å². The van der Waals surface area contributed by atoms with Gasteiger partial charge in [-0.1, -0.05) is 37.3 Å². The lowest BCUT2D eigenvalue weighted by Gasteiger charge is -2.24. The van der Waals surface area contributed by atoms with Crippen LogP contribution in [0.5, 0.6) is 0 Å². The minimum absolute atomic E-state index is 0.151. The Bertz CT molecular complexity index is 403. The van der Waals surface area contributed by atoms with E-state index in [4.69, 9.17) is 17.3 Å². The van der Waals surface area contributed by atoms with Crippen LogP contribution in [0.2, 0.25) is 5.02 Å². The summed E-state index contributed by atoms with van der Waals surface area (Å²) in [4.78, 5) is 0. The Balaban J connectivity index is 2.08. The zero-order chi connectivity index (χ0) is 13.7. The molecule has 2 rings (SSSR count). The highest BCUT2D eigenvalue weighted by molar-refractivity contribution is 6.30. The van der Waals surface area contributed by atoms with E-state index in [0.717, 1.165) is 12.8 Å². The fourth-order valence-corrected chi connectivity index (χ4v) is 2.98. The number of hydrogen-bond acceptors (Lipinski definition) is 2. The van der Waals surface area contributed by atoms with Crippen molar-refractivity contribution in [3.8, 4) is 0 Å². The number of nitrogens with two attached hydrogens (primary N) is 1. The van der Waals surface area contributed by atoms with Crippen molar-refractivity contribution < 1.29 is 4.39 Å². The molecule has 106 valence electrons. The first-order valence-electron chi connectivity index (χ1n) is 7.12. The monoisotopic (exact) mass is 284 g/mol. The molecule has 0 bridgehead atoms. The van der Waals surface area contributed by atoms with Gasteiger partial charge in [-0.2, -0.15) is 0 Å². The minimum atomic E-state index is -0.235. The third kappa shape index (κ3) is 4.16. The molecule has 1 unspecified atom stereocenters. The summed E-state index contributed by atoms with van der Waals surface area (Å²) >= 11 is 5.95. The van der Waals surface area contributed by atoms with E-state index >= 15 is 0 Å². The normalized spacial score (nSPS) is 19.1. The number of nitrogens with one attached hydrogen (secondary N) is 1. The molecule has 0 radical (unpaired) electrons. The topological polar surface area (TPSA) is 38.0 Å². The van der Waals surface area contributed by atoms with E-state index in [2.05, 4.69) is 5.32 Å². The van der Waals surface area contributed by atoms with Crippen LogP contribution in [-0.4, -0.2) is 12.6 Å². The van der Waals surface area contributed by atoms with Gasteiger partial charge in [0.2, 0.25) is 0 Å². The van der Waals surface area contributed by atoms with E-state index in [-0.39, 0.29) is 11.9 Å². The SMILES string of the molecule is NCC(NC1CCCCCC1)c1cc(Cl)ccc1F. The molecule has 1 atom stereocenters. The van der Waals surface area contributed by atoms with Crippen LogP contribution in [0.3, 0.4) is 0 Å². The van der Waals surface area contributed by atoms with Crippen molar-refractivity contribution in [1.29, 1.82) is 0 Å². The Morgan fingerprint density at radius 3 is 2.58 bits per heavy atom. The maximum atomic E-state index is 13.9. The predicted molar refractivity (Wildman–Crippen MR) is 77.8 cm³/mol. The van der Waals surface area contributed by atoms with E-state index in [1.165, 1.54) is 31.7 Å². The fourth-order valence-electron chi connectivity index (χ4n) is 2.80. The highest BCUT2D eigenvalue weighted by atomic mass is 35.5. The summed E-state index contributed by atoms with van der Waals surface area (Å²) in [6, 6.07) is 4.95. The highest BCUT2D eigenvalue weighted by Gasteiger charge is 2.20. The van der Waals surface area contributed by atoms with E-state index in [1.54, 1.807) is 12.1 Å². The van der Waals surface area contributed by atoms with Gasteiger partial charge in [0.25, 0.3) is 0 Å². The smallest absolute Gasteiger partial charge is 0.128 e. The molecule has 0 amide bonds. The van der Waals surface area contributed by atoms with Gasteiger partial charge in [-0.05, 0) is 31.0 Å². The zero-order valence-electron chi connectivity index (χ0n) is 11.2. The standard InChI is InChI=1S/C15H22ClFN2/c16-11-7-8-14(17)13(9-11)15(10-18)19-12-5-3-1-2-4-6-12/h7-9,12,15,19H,1-6,10,18H2. The molecule has 2 nitrogen and oxygen atoms in total. The molecule has 0 saturated heterocycles. The summed E-state index contributed by atoms with van der Waals surface area (Å²) in [6.45, 7) is 0.383. The van der Waals surface area contributed by atoms with Crippen LogP contribution < -0.4 is 11.1 Å². The zero-order valence-corrected chi connectivity index (χ0v) is 11.9. The molecule has 0 aliphatic heterocycles. The van der Waals surface area contributed by atoms with E-state index < -0.39 is 0 Å². The average Bonchev–Trinajstić information content (AvgIpc) is 2.67. The predicted octanol–water partition coefficient (Wildman–Crippen LogP) is 3.79.